The van der Waals surface area contributed by atoms with Gasteiger partial charge in [0.1, 0.15) is 0 Å². The molecule has 1 aliphatic rings. The molecule has 1 aromatic carbocycles. The van der Waals surface area contributed by atoms with Gasteiger partial charge in [0.15, 0.2) is 0 Å². The SMILES string of the molecule is CC(C(Br)Cc1ccc(Cl)c(Cl)c1)C1CC1. The molecule has 2 atom stereocenters. The van der Waals surface area contributed by atoms with Crippen LogP contribution in [0.4, 0.5) is 0 Å². The van der Waals surface area contributed by atoms with Gasteiger partial charge in [-0.1, -0.05) is 52.1 Å². The summed E-state index contributed by atoms with van der Waals surface area (Å²) in [6.07, 6.45) is 3.81. The van der Waals surface area contributed by atoms with Gasteiger partial charge in [-0.15, -0.1) is 0 Å². The number of halogens is 3. The van der Waals surface area contributed by atoms with Gasteiger partial charge in [0.25, 0.3) is 0 Å². The molecule has 16 heavy (non-hydrogen) atoms. The average Bonchev–Trinajstić information content (AvgIpc) is 3.06. The van der Waals surface area contributed by atoms with E-state index in [2.05, 4.69) is 28.9 Å². The van der Waals surface area contributed by atoms with Crippen molar-refractivity contribution >= 4 is 39.1 Å². The molecule has 1 fully saturated rings. The number of benzene rings is 1. The van der Waals surface area contributed by atoms with E-state index in [9.17, 15) is 0 Å². The van der Waals surface area contributed by atoms with Crippen LogP contribution in [-0.4, -0.2) is 4.83 Å². The van der Waals surface area contributed by atoms with Gasteiger partial charge in [0, 0.05) is 4.83 Å². The molecule has 0 aliphatic heterocycles. The maximum absolute atomic E-state index is 6.00. The van der Waals surface area contributed by atoms with Gasteiger partial charge in [0.05, 0.1) is 10.0 Å². The summed E-state index contributed by atoms with van der Waals surface area (Å²) < 4.78 is 0. The van der Waals surface area contributed by atoms with E-state index in [1.165, 1.54) is 18.4 Å². The van der Waals surface area contributed by atoms with E-state index in [-0.39, 0.29) is 0 Å². The molecule has 2 rings (SSSR count). The van der Waals surface area contributed by atoms with Crippen molar-refractivity contribution in [3.63, 3.8) is 0 Å². The van der Waals surface area contributed by atoms with Crippen LogP contribution >= 0.6 is 39.1 Å². The Balaban J connectivity index is 1.99. The predicted molar refractivity (Wildman–Crippen MR) is 74.8 cm³/mol. The standard InChI is InChI=1S/C13H15BrCl2/c1-8(10-3-4-10)11(14)6-9-2-5-12(15)13(16)7-9/h2,5,7-8,10-11H,3-4,6H2,1H3. The van der Waals surface area contributed by atoms with Crippen molar-refractivity contribution in [2.75, 3.05) is 0 Å². The van der Waals surface area contributed by atoms with Gasteiger partial charge in [-0.25, -0.2) is 0 Å². The van der Waals surface area contributed by atoms with Gasteiger partial charge in [-0.3, -0.25) is 0 Å². The van der Waals surface area contributed by atoms with E-state index >= 15 is 0 Å². The van der Waals surface area contributed by atoms with Crippen LogP contribution in [0, 0.1) is 11.8 Å². The third-order valence-corrected chi connectivity index (χ3v) is 5.25. The summed E-state index contributed by atoms with van der Waals surface area (Å²) in [6, 6.07) is 5.90. The molecule has 2 unspecified atom stereocenters. The van der Waals surface area contributed by atoms with Crippen molar-refractivity contribution in [3.8, 4) is 0 Å². The Morgan fingerprint density at radius 2 is 2.00 bits per heavy atom. The maximum atomic E-state index is 6.00. The lowest BCUT2D eigenvalue weighted by Gasteiger charge is -2.18. The number of rotatable bonds is 4. The zero-order valence-electron chi connectivity index (χ0n) is 9.22. The fraction of sp³-hybridized carbons (Fsp3) is 0.538. The van der Waals surface area contributed by atoms with E-state index < -0.39 is 0 Å². The summed E-state index contributed by atoms with van der Waals surface area (Å²) in [4.78, 5) is 0.539. The second kappa shape index (κ2) is 5.29. The van der Waals surface area contributed by atoms with Crippen molar-refractivity contribution in [1.82, 2.24) is 0 Å². The summed E-state index contributed by atoms with van der Waals surface area (Å²) in [5.41, 5.74) is 1.25. The van der Waals surface area contributed by atoms with Crippen molar-refractivity contribution in [2.45, 2.75) is 31.0 Å². The van der Waals surface area contributed by atoms with Crippen LogP contribution in [-0.2, 0) is 6.42 Å². The summed E-state index contributed by atoms with van der Waals surface area (Å²) in [5.74, 6) is 1.67. The normalized spacial score (nSPS) is 19.5. The molecule has 0 spiro atoms. The second-order valence-corrected chi connectivity index (χ2v) is 6.66. The third-order valence-electron chi connectivity index (χ3n) is 3.35. The largest absolute Gasteiger partial charge is 0.0884 e. The summed E-state index contributed by atoms with van der Waals surface area (Å²) in [5, 5.41) is 1.28. The molecule has 1 aromatic rings. The monoisotopic (exact) mass is 320 g/mol. The smallest absolute Gasteiger partial charge is 0.0595 e. The van der Waals surface area contributed by atoms with Gasteiger partial charge in [0.2, 0.25) is 0 Å². The Bertz CT molecular complexity index is 374. The Kier molecular flexibility index (Phi) is 4.21. The topological polar surface area (TPSA) is 0 Å². The fourth-order valence-electron chi connectivity index (χ4n) is 1.99. The summed E-state index contributed by atoms with van der Waals surface area (Å²) >= 11 is 15.7. The van der Waals surface area contributed by atoms with E-state index in [0.717, 1.165) is 18.3 Å². The first kappa shape index (κ1) is 12.7. The number of alkyl halides is 1. The highest BCUT2D eigenvalue weighted by Gasteiger charge is 2.32. The zero-order valence-corrected chi connectivity index (χ0v) is 12.3. The van der Waals surface area contributed by atoms with Crippen LogP contribution in [0.1, 0.15) is 25.3 Å². The van der Waals surface area contributed by atoms with Crippen LogP contribution in [0.25, 0.3) is 0 Å². The van der Waals surface area contributed by atoms with Crippen LogP contribution in [0.2, 0.25) is 10.0 Å². The molecule has 0 saturated heterocycles. The van der Waals surface area contributed by atoms with Crippen molar-refractivity contribution in [2.24, 2.45) is 11.8 Å². The predicted octanol–water partition coefficient (Wildman–Crippen LogP) is 5.35. The lowest BCUT2D eigenvalue weighted by Crippen LogP contribution is -2.15. The van der Waals surface area contributed by atoms with E-state index in [1.54, 1.807) is 0 Å². The average molecular weight is 322 g/mol. The van der Waals surface area contributed by atoms with Gasteiger partial charge in [-0.05, 0) is 48.8 Å². The molecule has 0 N–H and O–H groups in total. The molecule has 88 valence electrons. The molecule has 0 amide bonds. The molecular formula is C13H15BrCl2. The van der Waals surface area contributed by atoms with Crippen molar-refractivity contribution in [3.05, 3.63) is 33.8 Å². The number of hydrogen-bond donors (Lipinski definition) is 0. The van der Waals surface area contributed by atoms with Crippen LogP contribution in [0.5, 0.6) is 0 Å². The minimum Gasteiger partial charge on any atom is -0.0884 e. The fourth-order valence-corrected chi connectivity index (χ4v) is 3.12. The lowest BCUT2D eigenvalue weighted by atomic mass is 9.97. The lowest BCUT2D eigenvalue weighted by molar-refractivity contribution is 0.490. The first-order valence-electron chi connectivity index (χ1n) is 5.66. The highest BCUT2D eigenvalue weighted by Crippen LogP contribution is 2.41. The number of hydrogen-bond acceptors (Lipinski definition) is 0. The van der Waals surface area contributed by atoms with Crippen LogP contribution < -0.4 is 0 Å². The molecule has 0 radical (unpaired) electrons. The van der Waals surface area contributed by atoms with Gasteiger partial charge in [-0.2, -0.15) is 0 Å². The van der Waals surface area contributed by atoms with E-state index in [4.69, 9.17) is 23.2 Å². The van der Waals surface area contributed by atoms with Crippen LogP contribution in [0.3, 0.4) is 0 Å². The summed E-state index contributed by atoms with van der Waals surface area (Å²) in [7, 11) is 0. The Hall–Kier alpha value is 0.280. The third kappa shape index (κ3) is 3.15. The highest BCUT2D eigenvalue weighted by atomic mass is 79.9. The zero-order chi connectivity index (χ0) is 11.7. The molecule has 0 heterocycles. The van der Waals surface area contributed by atoms with Crippen LogP contribution in [0.15, 0.2) is 18.2 Å². The molecule has 0 bridgehead atoms. The minimum absolute atomic E-state index is 0.539. The molecule has 0 nitrogen and oxygen atoms in total. The van der Waals surface area contributed by atoms with E-state index in [0.29, 0.717) is 14.9 Å². The second-order valence-electron chi connectivity index (χ2n) is 4.67. The Labute approximate surface area is 115 Å². The molecule has 1 aliphatic carbocycles. The Morgan fingerprint density at radius 3 is 2.56 bits per heavy atom. The minimum atomic E-state index is 0.539. The first-order valence-corrected chi connectivity index (χ1v) is 7.33. The molecular weight excluding hydrogens is 307 g/mol. The summed E-state index contributed by atoms with van der Waals surface area (Å²) in [6.45, 7) is 2.33. The highest BCUT2D eigenvalue weighted by molar-refractivity contribution is 9.09. The van der Waals surface area contributed by atoms with Gasteiger partial charge < -0.3 is 0 Å². The Morgan fingerprint density at radius 1 is 1.31 bits per heavy atom. The maximum Gasteiger partial charge on any atom is 0.0595 e. The van der Waals surface area contributed by atoms with E-state index in [1.807, 2.05) is 12.1 Å². The molecule has 1 saturated carbocycles. The first-order chi connectivity index (χ1) is 7.58. The van der Waals surface area contributed by atoms with Gasteiger partial charge >= 0.3 is 0 Å². The van der Waals surface area contributed by atoms with Crippen molar-refractivity contribution in [1.29, 1.82) is 0 Å². The molecule has 0 aromatic heterocycles. The molecule has 3 heteroatoms. The van der Waals surface area contributed by atoms with Crippen molar-refractivity contribution < 1.29 is 0 Å². The quantitative estimate of drug-likeness (QED) is 0.656.